The van der Waals surface area contributed by atoms with Gasteiger partial charge >= 0.3 is 0 Å². The lowest BCUT2D eigenvalue weighted by atomic mass is 10.1. The van der Waals surface area contributed by atoms with Gasteiger partial charge in [-0.2, -0.15) is 0 Å². The standard InChI is InChI=1S/C8H11ClIN3S/c1-12-8-3-6(10)5(9)2-7(8)11-4-13(12)14/h2-3,5-6,11,13H,4H2,1H3/t5-,6?/m1/s1. The minimum Gasteiger partial charge on any atom is -0.464 e. The van der Waals surface area contributed by atoms with Gasteiger partial charge in [0.05, 0.1) is 22.0 Å². The molecule has 6 heteroatoms. The topological polar surface area (TPSA) is 19.7 Å². The number of likely N-dealkylation sites (N-methyl/N-ethyl adjacent to an activating group) is 1. The molecule has 0 radical (unpaired) electrons. The summed E-state index contributed by atoms with van der Waals surface area (Å²) in [5.74, 6) is 0. The number of hydrogen-bond acceptors (Lipinski definition) is 3. The number of nitrogens with zero attached hydrogens (tertiary/aromatic N) is 1. The van der Waals surface area contributed by atoms with Crippen molar-refractivity contribution in [2.24, 2.45) is 0 Å². The summed E-state index contributed by atoms with van der Waals surface area (Å²) < 4.78 is 1.25. The molecule has 1 heterocycles. The van der Waals surface area contributed by atoms with Crippen LogP contribution < -0.4 is 9.73 Å². The van der Waals surface area contributed by atoms with Crippen molar-refractivity contribution in [3.63, 3.8) is 0 Å². The van der Waals surface area contributed by atoms with E-state index in [4.69, 9.17) is 24.4 Å². The Balaban J connectivity index is 2.29. The fourth-order valence-electron chi connectivity index (χ4n) is 1.53. The number of rotatable bonds is 0. The second-order valence-corrected chi connectivity index (χ2v) is 5.74. The lowest BCUT2D eigenvalue weighted by molar-refractivity contribution is -0.885. The highest BCUT2D eigenvalue weighted by molar-refractivity contribution is 14.1. The number of halogens is 2. The van der Waals surface area contributed by atoms with E-state index in [2.05, 4.69) is 40.1 Å². The zero-order valence-corrected chi connectivity index (χ0v) is 11.4. The largest absolute Gasteiger partial charge is 0.464 e. The fourth-order valence-corrected chi connectivity index (χ4v) is 2.45. The molecule has 3 atom stereocenters. The van der Waals surface area contributed by atoms with Crippen molar-refractivity contribution in [3.05, 3.63) is 23.5 Å². The Morgan fingerprint density at radius 1 is 1.71 bits per heavy atom. The minimum atomic E-state index is 0.0712. The molecule has 78 valence electrons. The summed E-state index contributed by atoms with van der Waals surface area (Å²) in [4.78, 5) is 0. The van der Waals surface area contributed by atoms with Gasteiger partial charge in [-0.25, -0.2) is 5.01 Å². The lowest BCUT2D eigenvalue weighted by Crippen LogP contribution is -3.16. The van der Waals surface area contributed by atoms with E-state index in [1.165, 1.54) is 0 Å². The zero-order valence-electron chi connectivity index (χ0n) is 7.63. The van der Waals surface area contributed by atoms with Crippen molar-refractivity contribution in [1.82, 2.24) is 10.3 Å². The number of hydrogen-bond donors (Lipinski definition) is 2. The second-order valence-electron chi connectivity index (χ2n) is 3.33. The van der Waals surface area contributed by atoms with Gasteiger partial charge in [-0.3, -0.25) is 0 Å². The van der Waals surface area contributed by atoms with Gasteiger partial charge < -0.3 is 22.5 Å². The van der Waals surface area contributed by atoms with Gasteiger partial charge in [-0.15, -0.1) is 11.6 Å². The number of fused-ring (bicyclic) bond motifs is 1. The smallest absolute Gasteiger partial charge is 0.156 e. The Kier molecular flexibility index (Phi) is 3.21. The predicted molar refractivity (Wildman–Crippen MR) is 67.7 cm³/mol. The Hall–Kier alpha value is 0.410. The van der Waals surface area contributed by atoms with Crippen molar-refractivity contribution < 1.29 is 4.41 Å². The molecule has 2 N–H and O–H groups in total. The SMILES string of the molecule is CN1C2=CC(I)[C@H](Cl)C=C2NC[NH+]1[S-]. The van der Waals surface area contributed by atoms with Crippen molar-refractivity contribution in [2.75, 3.05) is 13.7 Å². The summed E-state index contributed by atoms with van der Waals surface area (Å²) in [6, 6.07) is 0. The molecule has 0 aromatic carbocycles. The molecule has 1 saturated heterocycles. The number of quaternary nitrogens is 1. The second kappa shape index (κ2) is 4.11. The van der Waals surface area contributed by atoms with Crippen molar-refractivity contribution in [2.45, 2.75) is 9.30 Å². The zero-order chi connectivity index (χ0) is 10.3. The average molecular weight is 344 g/mol. The first-order chi connectivity index (χ1) is 6.59. The van der Waals surface area contributed by atoms with Gasteiger partial charge in [-0.1, -0.05) is 22.6 Å². The molecule has 0 aromatic rings. The molecule has 0 amide bonds. The molecule has 2 unspecified atom stereocenters. The molecular weight excluding hydrogens is 333 g/mol. The maximum absolute atomic E-state index is 6.15. The third kappa shape index (κ3) is 1.87. The summed E-state index contributed by atoms with van der Waals surface area (Å²) in [5.41, 5.74) is 2.26. The Morgan fingerprint density at radius 2 is 2.43 bits per heavy atom. The molecule has 1 aliphatic carbocycles. The van der Waals surface area contributed by atoms with E-state index in [9.17, 15) is 0 Å². The van der Waals surface area contributed by atoms with Crippen LogP contribution in [0.4, 0.5) is 0 Å². The van der Waals surface area contributed by atoms with E-state index in [1.807, 2.05) is 12.1 Å². The molecule has 2 rings (SSSR count). The molecular formula is C8H11ClIN3S. The van der Waals surface area contributed by atoms with Crippen LogP contribution in [0.2, 0.25) is 0 Å². The summed E-state index contributed by atoms with van der Waals surface area (Å²) >= 11 is 13.7. The fraction of sp³-hybridized carbons (Fsp3) is 0.500. The molecule has 0 saturated carbocycles. The Labute approximate surface area is 108 Å². The van der Waals surface area contributed by atoms with Gasteiger partial charge in [0, 0.05) is 0 Å². The van der Waals surface area contributed by atoms with E-state index in [0.717, 1.165) is 22.5 Å². The highest BCUT2D eigenvalue weighted by Gasteiger charge is 2.28. The lowest BCUT2D eigenvalue weighted by Gasteiger charge is -2.42. The first-order valence-corrected chi connectivity index (χ1v) is 6.41. The van der Waals surface area contributed by atoms with Crippen LogP contribution in [0.1, 0.15) is 0 Å². The average Bonchev–Trinajstić information content (AvgIpc) is 2.15. The Morgan fingerprint density at radius 3 is 3.14 bits per heavy atom. The number of allylic oxidation sites excluding steroid dienone is 2. The van der Waals surface area contributed by atoms with Gasteiger partial charge in [0.2, 0.25) is 0 Å². The monoisotopic (exact) mass is 343 g/mol. The van der Waals surface area contributed by atoms with Crippen LogP contribution in [0.5, 0.6) is 0 Å². The van der Waals surface area contributed by atoms with E-state index in [-0.39, 0.29) is 5.38 Å². The van der Waals surface area contributed by atoms with Crippen LogP contribution in [0, 0.1) is 0 Å². The maximum atomic E-state index is 6.15. The van der Waals surface area contributed by atoms with Crippen LogP contribution in [-0.2, 0) is 12.8 Å². The van der Waals surface area contributed by atoms with Crippen LogP contribution in [-0.4, -0.2) is 28.0 Å². The van der Waals surface area contributed by atoms with Crippen LogP contribution in [0.3, 0.4) is 0 Å². The van der Waals surface area contributed by atoms with E-state index in [1.54, 1.807) is 0 Å². The van der Waals surface area contributed by atoms with Crippen molar-refractivity contribution in [1.29, 1.82) is 0 Å². The molecule has 0 bridgehead atoms. The predicted octanol–water partition coefficient (Wildman–Crippen LogP) is -0.0669. The highest BCUT2D eigenvalue weighted by Crippen LogP contribution is 2.27. The Bertz CT molecular complexity index is 307. The van der Waals surface area contributed by atoms with E-state index < -0.39 is 0 Å². The van der Waals surface area contributed by atoms with Gasteiger partial charge in [-0.05, 0) is 12.2 Å². The van der Waals surface area contributed by atoms with Crippen LogP contribution >= 0.6 is 34.2 Å². The van der Waals surface area contributed by atoms with Gasteiger partial charge in [0.15, 0.2) is 6.67 Å². The van der Waals surface area contributed by atoms with Crippen LogP contribution in [0.15, 0.2) is 23.5 Å². The quantitative estimate of drug-likeness (QED) is 0.365. The van der Waals surface area contributed by atoms with Crippen molar-refractivity contribution in [3.8, 4) is 0 Å². The summed E-state index contributed by atoms with van der Waals surface area (Å²) in [6.45, 7) is 0.727. The first kappa shape index (κ1) is 10.9. The summed E-state index contributed by atoms with van der Waals surface area (Å²) in [6.07, 6.45) is 4.22. The number of alkyl halides is 2. The molecule has 2 aliphatic rings. The molecule has 1 aliphatic heterocycles. The summed E-state index contributed by atoms with van der Waals surface area (Å²) in [5, 5.41) is 5.39. The minimum absolute atomic E-state index is 0.0712. The molecule has 14 heavy (non-hydrogen) atoms. The van der Waals surface area contributed by atoms with Gasteiger partial charge in [0.25, 0.3) is 0 Å². The van der Waals surface area contributed by atoms with Crippen molar-refractivity contribution >= 4 is 47.0 Å². The third-order valence-corrected chi connectivity index (χ3v) is 4.76. The third-order valence-electron chi connectivity index (χ3n) is 2.39. The normalized spacial score (nSPS) is 36.9. The number of nitrogens with one attached hydrogen (secondary N) is 2. The maximum Gasteiger partial charge on any atom is 0.156 e. The first-order valence-electron chi connectivity index (χ1n) is 4.32. The molecule has 3 nitrogen and oxygen atoms in total. The van der Waals surface area contributed by atoms with Gasteiger partial charge in [0.1, 0.15) is 5.70 Å². The van der Waals surface area contributed by atoms with E-state index in [0.29, 0.717) is 3.92 Å². The van der Waals surface area contributed by atoms with E-state index >= 15 is 0 Å². The molecule has 1 fully saturated rings. The summed E-state index contributed by atoms with van der Waals surface area (Å²) in [7, 11) is 2.00. The molecule has 0 spiro atoms. The molecule has 0 aromatic heterocycles. The highest BCUT2D eigenvalue weighted by atomic mass is 127. The van der Waals surface area contributed by atoms with Crippen LogP contribution in [0.25, 0.3) is 0 Å².